The first-order valence-electron chi connectivity index (χ1n) is 13.5. The summed E-state index contributed by atoms with van der Waals surface area (Å²) in [6.45, 7) is 0.502. The van der Waals surface area contributed by atoms with E-state index in [0.29, 0.717) is 25.1 Å². The van der Waals surface area contributed by atoms with Gasteiger partial charge in [0, 0.05) is 19.3 Å². The van der Waals surface area contributed by atoms with Gasteiger partial charge in [-0.15, -0.1) is 0 Å². The number of hydrogen-bond acceptors (Lipinski definition) is 7. The second-order valence-corrected chi connectivity index (χ2v) is 11.9. The van der Waals surface area contributed by atoms with Gasteiger partial charge in [-0.3, -0.25) is 14.3 Å². The summed E-state index contributed by atoms with van der Waals surface area (Å²) < 4.78 is 59.4. The molecule has 5 rings (SSSR count). The average Bonchev–Trinajstić information content (AvgIpc) is 2.98. The van der Waals surface area contributed by atoms with E-state index >= 15 is 0 Å². The molecule has 0 spiro atoms. The van der Waals surface area contributed by atoms with Crippen LogP contribution < -0.4 is 19.5 Å². The maximum absolute atomic E-state index is 14.1. The van der Waals surface area contributed by atoms with E-state index < -0.39 is 26.8 Å². The Kier molecular flexibility index (Phi) is 8.64. The zero-order valence-corrected chi connectivity index (χ0v) is 24.0. The summed E-state index contributed by atoms with van der Waals surface area (Å²) in [6.07, 6.45) is 0.543. The molecule has 0 saturated carbocycles. The third-order valence-corrected chi connectivity index (χ3v) is 8.84. The number of nitrogens with one attached hydrogen (secondary N) is 2. The van der Waals surface area contributed by atoms with Gasteiger partial charge in [0.25, 0.3) is 15.9 Å². The highest BCUT2D eigenvalue weighted by atomic mass is 32.2. The second-order valence-electron chi connectivity index (χ2n) is 10.2. The predicted molar refractivity (Wildman–Crippen MR) is 152 cm³/mol. The van der Waals surface area contributed by atoms with Crippen LogP contribution in [0.15, 0.2) is 71.6 Å². The number of nitrogens with zero attached hydrogens (tertiary/aromatic N) is 1. The topological polar surface area (TPSA) is 123 Å². The van der Waals surface area contributed by atoms with E-state index in [4.69, 9.17) is 14.2 Å². The van der Waals surface area contributed by atoms with Crippen LogP contribution in [0, 0.1) is 5.82 Å². The van der Waals surface area contributed by atoms with Crippen LogP contribution in [0.5, 0.6) is 11.5 Å². The number of hydrogen-bond donors (Lipinski definition) is 2. The van der Waals surface area contributed by atoms with Crippen LogP contribution in [0.1, 0.15) is 35.2 Å². The van der Waals surface area contributed by atoms with Gasteiger partial charge in [0.2, 0.25) is 5.91 Å². The van der Waals surface area contributed by atoms with E-state index in [2.05, 4.69) is 10.0 Å². The van der Waals surface area contributed by atoms with Crippen molar-refractivity contribution in [3.63, 3.8) is 0 Å². The fraction of sp³-hybridized carbons (Fsp3) is 0.333. The summed E-state index contributed by atoms with van der Waals surface area (Å²) in [4.78, 5) is 27.2. The van der Waals surface area contributed by atoms with Gasteiger partial charge in [-0.2, -0.15) is 0 Å². The molecule has 0 radical (unpaired) electrons. The van der Waals surface area contributed by atoms with Crippen molar-refractivity contribution in [2.75, 3.05) is 25.5 Å². The van der Waals surface area contributed by atoms with Crippen molar-refractivity contribution in [3.8, 4) is 11.5 Å². The molecule has 3 aromatic carbocycles. The van der Waals surface area contributed by atoms with Crippen molar-refractivity contribution in [1.82, 2.24) is 10.2 Å². The first-order valence-corrected chi connectivity index (χ1v) is 15.0. The number of sulfonamides is 1. The van der Waals surface area contributed by atoms with Gasteiger partial charge >= 0.3 is 0 Å². The molecule has 12 heteroatoms. The van der Waals surface area contributed by atoms with Crippen LogP contribution in [0.25, 0.3) is 0 Å². The predicted octanol–water partition coefficient (Wildman–Crippen LogP) is 3.72. The second kappa shape index (κ2) is 12.4. The van der Waals surface area contributed by atoms with Gasteiger partial charge in [0.1, 0.15) is 34.9 Å². The smallest absolute Gasteiger partial charge is 0.264 e. The highest BCUT2D eigenvalue weighted by Gasteiger charge is 2.39. The van der Waals surface area contributed by atoms with Crippen molar-refractivity contribution in [1.29, 1.82) is 0 Å². The SMILES string of the molecule is COc1cccc(CNC(=O)C[C@H]2CC[C@H]3[C@H](COc4ccc(NS(=O)(=O)c5ccccc5F)cc4C(=O)N3C)O2)c1. The molecule has 1 fully saturated rings. The summed E-state index contributed by atoms with van der Waals surface area (Å²) >= 11 is 0. The summed E-state index contributed by atoms with van der Waals surface area (Å²) in [5.74, 6) is -0.418. The molecule has 2 aliphatic heterocycles. The van der Waals surface area contributed by atoms with Crippen molar-refractivity contribution in [2.24, 2.45) is 0 Å². The maximum atomic E-state index is 14.1. The Morgan fingerprint density at radius 1 is 1.10 bits per heavy atom. The molecule has 1 saturated heterocycles. The third kappa shape index (κ3) is 6.50. The van der Waals surface area contributed by atoms with Gasteiger partial charge in [-0.05, 0) is 60.9 Å². The number of benzene rings is 3. The fourth-order valence-corrected chi connectivity index (χ4v) is 6.36. The lowest BCUT2D eigenvalue weighted by Crippen LogP contribution is -2.53. The van der Waals surface area contributed by atoms with Gasteiger partial charge in [0.05, 0.1) is 31.2 Å². The Hall–Kier alpha value is -4.16. The van der Waals surface area contributed by atoms with Crippen LogP contribution in [0.2, 0.25) is 0 Å². The first kappa shape index (κ1) is 29.3. The molecule has 2 aliphatic rings. The first-order chi connectivity index (χ1) is 20.1. The molecule has 222 valence electrons. The average molecular weight is 598 g/mol. The van der Waals surface area contributed by atoms with Crippen molar-refractivity contribution in [3.05, 3.63) is 83.7 Å². The number of ether oxygens (including phenoxy) is 3. The van der Waals surface area contributed by atoms with E-state index in [-0.39, 0.29) is 54.0 Å². The van der Waals surface area contributed by atoms with E-state index in [0.717, 1.165) is 17.7 Å². The molecular formula is C30H32FN3O7S. The van der Waals surface area contributed by atoms with Gasteiger partial charge in [-0.1, -0.05) is 24.3 Å². The summed E-state index contributed by atoms with van der Waals surface area (Å²) in [7, 11) is -0.974. The van der Waals surface area contributed by atoms with Gasteiger partial charge in [0.15, 0.2) is 0 Å². The Labute approximate surface area is 243 Å². The van der Waals surface area contributed by atoms with Crippen LogP contribution in [-0.2, 0) is 26.1 Å². The number of rotatable bonds is 8. The highest BCUT2D eigenvalue weighted by Crippen LogP contribution is 2.33. The number of anilines is 1. The molecule has 2 N–H and O–H groups in total. The molecule has 2 heterocycles. The molecule has 0 aliphatic carbocycles. The third-order valence-electron chi connectivity index (χ3n) is 7.43. The molecule has 10 nitrogen and oxygen atoms in total. The number of carbonyl (C=O) groups excluding carboxylic acids is 2. The summed E-state index contributed by atoms with van der Waals surface area (Å²) in [5, 5.41) is 2.92. The van der Waals surface area contributed by atoms with E-state index in [9.17, 15) is 22.4 Å². The molecule has 3 atom stereocenters. The highest BCUT2D eigenvalue weighted by molar-refractivity contribution is 7.92. The number of carbonyl (C=O) groups is 2. The Bertz CT molecular complexity index is 1580. The van der Waals surface area contributed by atoms with Crippen molar-refractivity contribution >= 4 is 27.5 Å². The molecule has 3 aromatic rings. The standard InChI is InChI=1S/C30H32FN3O7S/c1-34-25-12-11-22(16-29(35)32-17-19-6-5-7-21(14-19)39-2)41-27(25)18-40-26-13-10-20(15-23(26)30(34)36)33-42(37,38)28-9-4-3-8-24(28)31/h3-10,13-15,22,25,27,33H,11-12,16-18H2,1-2H3,(H,32,35)/t22-,25+,27+/m1/s1. The van der Waals surface area contributed by atoms with E-state index in [1.807, 2.05) is 24.3 Å². The largest absolute Gasteiger partial charge is 0.497 e. The molecule has 0 aromatic heterocycles. The minimum atomic E-state index is -4.23. The summed E-state index contributed by atoms with van der Waals surface area (Å²) in [6, 6.07) is 16.5. The van der Waals surface area contributed by atoms with Crippen LogP contribution in [0.4, 0.5) is 10.1 Å². The quantitative estimate of drug-likeness (QED) is 0.406. The minimum absolute atomic E-state index is 0.0967. The molecule has 42 heavy (non-hydrogen) atoms. The van der Waals surface area contributed by atoms with Crippen LogP contribution in [-0.4, -0.2) is 64.1 Å². The molecule has 2 amide bonds. The number of halogens is 1. The molecular weight excluding hydrogens is 565 g/mol. The zero-order valence-electron chi connectivity index (χ0n) is 23.2. The lowest BCUT2D eigenvalue weighted by Gasteiger charge is -2.42. The van der Waals surface area contributed by atoms with Crippen molar-refractivity contribution < 1.29 is 36.6 Å². The minimum Gasteiger partial charge on any atom is -0.497 e. The Balaban J connectivity index is 1.23. The molecule has 0 unspecified atom stereocenters. The normalized spacial score (nSPS) is 20.3. The molecule has 0 bridgehead atoms. The van der Waals surface area contributed by atoms with Crippen molar-refractivity contribution in [2.45, 2.75) is 49.0 Å². The Morgan fingerprint density at radius 3 is 2.69 bits per heavy atom. The van der Waals surface area contributed by atoms with Crippen LogP contribution in [0.3, 0.4) is 0 Å². The number of methoxy groups -OCH3 is 1. The number of amides is 2. The maximum Gasteiger partial charge on any atom is 0.264 e. The monoisotopic (exact) mass is 597 g/mol. The van der Waals surface area contributed by atoms with Crippen LogP contribution >= 0.6 is 0 Å². The van der Waals surface area contributed by atoms with Gasteiger partial charge in [-0.25, -0.2) is 12.8 Å². The van der Waals surface area contributed by atoms with Gasteiger partial charge < -0.3 is 24.4 Å². The lowest BCUT2D eigenvalue weighted by atomic mass is 9.94. The zero-order chi connectivity index (χ0) is 29.9. The fourth-order valence-electron chi connectivity index (χ4n) is 5.23. The van der Waals surface area contributed by atoms with E-state index in [1.165, 1.54) is 30.3 Å². The Morgan fingerprint density at radius 2 is 1.90 bits per heavy atom. The van der Waals surface area contributed by atoms with E-state index in [1.54, 1.807) is 19.1 Å². The summed E-state index contributed by atoms with van der Waals surface area (Å²) in [5.41, 5.74) is 1.19. The lowest BCUT2D eigenvalue weighted by molar-refractivity contribution is -0.134. The number of likely N-dealkylation sites (N-methyl/N-ethyl adjacent to an activating group) is 1. The number of fused-ring (bicyclic) bond motifs is 2.